The molecule has 0 saturated carbocycles. The molecular formula is C22H26ClN5O2. The van der Waals surface area contributed by atoms with E-state index < -0.39 is 0 Å². The molecule has 7 nitrogen and oxygen atoms in total. The first-order chi connectivity index (χ1) is 14.6. The molecular weight excluding hydrogens is 402 g/mol. The van der Waals surface area contributed by atoms with Crippen LogP contribution in [0.2, 0.25) is 5.02 Å². The first kappa shape index (κ1) is 20.7. The van der Waals surface area contributed by atoms with Crippen molar-refractivity contribution >= 4 is 29.2 Å². The molecule has 2 aromatic rings. The molecule has 0 aromatic heterocycles. The van der Waals surface area contributed by atoms with E-state index in [-0.39, 0.29) is 24.0 Å². The van der Waals surface area contributed by atoms with Crippen LogP contribution in [0.4, 0.5) is 10.5 Å². The summed E-state index contributed by atoms with van der Waals surface area (Å²) in [5.41, 5.74) is 8.26. The van der Waals surface area contributed by atoms with Crippen molar-refractivity contribution in [3.63, 3.8) is 0 Å². The highest BCUT2D eigenvalue weighted by atomic mass is 35.5. The summed E-state index contributed by atoms with van der Waals surface area (Å²) in [6, 6.07) is 16.9. The number of amides is 3. The zero-order valence-electron chi connectivity index (χ0n) is 16.7. The normalized spacial score (nSPS) is 21.9. The minimum Gasteiger partial charge on any atom is -0.339 e. The zero-order valence-corrected chi connectivity index (χ0v) is 17.4. The van der Waals surface area contributed by atoms with Gasteiger partial charge in [0.2, 0.25) is 5.91 Å². The van der Waals surface area contributed by atoms with Gasteiger partial charge in [0.05, 0.1) is 0 Å². The van der Waals surface area contributed by atoms with Crippen LogP contribution < -0.4 is 16.2 Å². The predicted octanol–water partition coefficient (Wildman–Crippen LogP) is 3.01. The minimum absolute atomic E-state index is 0.0842. The number of anilines is 1. The molecule has 2 atom stereocenters. The SMILES string of the molecule is O=C(Nc1ccc(Cl)cc1)N1CCCN(C(=O)C2CC(c3ccccc3)NN2)CC1. The Morgan fingerprint density at radius 3 is 2.37 bits per heavy atom. The van der Waals surface area contributed by atoms with Gasteiger partial charge in [-0.25, -0.2) is 15.6 Å². The van der Waals surface area contributed by atoms with Crippen molar-refractivity contribution in [1.82, 2.24) is 20.7 Å². The van der Waals surface area contributed by atoms with Gasteiger partial charge in [0, 0.05) is 42.9 Å². The Balaban J connectivity index is 1.30. The second-order valence-corrected chi connectivity index (χ2v) is 8.08. The van der Waals surface area contributed by atoms with Crippen molar-refractivity contribution in [2.45, 2.75) is 24.9 Å². The monoisotopic (exact) mass is 427 g/mol. The summed E-state index contributed by atoms with van der Waals surface area (Å²) >= 11 is 5.89. The molecule has 2 aliphatic rings. The number of halogens is 1. The van der Waals surface area contributed by atoms with E-state index in [0.717, 1.165) is 6.42 Å². The van der Waals surface area contributed by atoms with Crippen LogP contribution in [0.25, 0.3) is 0 Å². The van der Waals surface area contributed by atoms with Crippen LogP contribution in [0.1, 0.15) is 24.4 Å². The minimum atomic E-state index is -0.260. The summed E-state index contributed by atoms with van der Waals surface area (Å²) in [4.78, 5) is 29.2. The van der Waals surface area contributed by atoms with Crippen molar-refractivity contribution in [2.24, 2.45) is 0 Å². The molecule has 3 amide bonds. The van der Waals surface area contributed by atoms with Crippen molar-refractivity contribution in [2.75, 3.05) is 31.5 Å². The van der Waals surface area contributed by atoms with Gasteiger partial charge in [-0.1, -0.05) is 41.9 Å². The van der Waals surface area contributed by atoms with E-state index in [1.54, 1.807) is 29.2 Å². The fourth-order valence-corrected chi connectivity index (χ4v) is 4.05. The van der Waals surface area contributed by atoms with Crippen molar-refractivity contribution in [3.8, 4) is 0 Å². The fourth-order valence-electron chi connectivity index (χ4n) is 3.92. The van der Waals surface area contributed by atoms with E-state index in [4.69, 9.17) is 11.6 Å². The van der Waals surface area contributed by atoms with Crippen molar-refractivity contribution in [3.05, 3.63) is 65.2 Å². The van der Waals surface area contributed by atoms with Crippen LogP contribution in [0, 0.1) is 0 Å². The van der Waals surface area contributed by atoms with Gasteiger partial charge in [-0.05, 0) is 42.7 Å². The third-order valence-electron chi connectivity index (χ3n) is 5.59. The largest absolute Gasteiger partial charge is 0.339 e. The highest BCUT2D eigenvalue weighted by Crippen LogP contribution is 2.23. The van der Waals surface area contributed by atoms with Crippen molar-refractivity contribution in [1.29, 1.82) is 0 Å². The molecule has 2 aliphatic heterocycles. The van der Waals surface area contributed by atoms with Gasteiger partial charge in [0.1, 0.15) is 6.04 Å². The molecule has 4 rings (SSSR count). The molecule has 0 radical (unpaired) electrons. The molecule has 2 saturated heterocycles. The molecule has 0 aliphatic carbocycles. The fraction of sp³-hybridized carbons (Fsp3) is 0.364. The highest BCUT2D eigenvalue weighted by molar-refractivity contribution is 6.30. The lowest BCUT2D eigenvalue weighted by Gasteiger charge is -2.24. The van der Waals surface area contributed by atoms with Crippen LogP contribution in [0.5, 0.6) is 0 Å². The van der Waals surface area contributed by atoms with Gasteiger partial charge in [-0.15, -0.1) is 0 Å². The predicted molar refractivity (Wildman–Crippen MR) is 117 cm³/mol. The number of carbonyl (C=O) groups excluding carboxylic acids is 2. The molecule has 8 heteroatoms. The molecule has 30 heavy (non-hydrogen) atoms. The summed E-state index contributed by atoms with van der Waals surface area (Å²) in [6.45, 7) is 2.30. The number of hydrogen-bond donors (Lipinski definition) is 3. The maximum absolute atomic E-state index is 13.0. The Kier molecular flexibility index (Phi) is 6.52. The van der Waals surface area contributed by atoms with E-state index >= 15 is 0 Å². The maximum Gasteiger partial charge on any atom is 0.321 e. The summed E-state index contributed by atoms with van der Waals surface area (Å²) in [7, 11) is 0. The standard InChI is InChI=1S/C22H26ClN5O2/c23-17-7-9-18(10-8-17)24-22(30)28-12-4-11-27(13-14-28)21(29)20-15-19(25-26-20)16-5-2-1-3-6-16/h1-3,5-10,19-20,25-26H,4,11-15H2,(H,24,30). The van der Waals surface area contributed by atoms with E-state index in [0.29, 0.717) is 43.3 Å². The van der Waals surface area contributed by atoms with Crippen LogP contribution in [0.3, 0.4) is 0 Å². The van der Waals surface area contributed by atoms with Gasteiger partial charge < -0.3 is 15.1 Å². The number of nitrogens with zero attached hydrogens (tertiary/aromatic N) is 2. The lowest BCUT2D eigenvalue weighted by molar-refractivity contribution is -0.133. The zero-order chi connectivity index (χ0) is 20.9. The van der Waals surface area contributed by atoms with Gasteiger partial charge in [0.15, 0.2) is 0 Å². The van der Waals surface area contributed by atoms with Gasteiger partial charge >= 0.3 is 6.03 Å². The lowest BCUT2D eigenvalue weighted by atomic mass is 10.0. The number of rotatable bonds is 3. The van der Waals surface area contributed by atoms with Crippen LogP contribution in [-0.4, -0.2) is 54.0 Å². The molecule has 2 aromatic carbocycles. The molecule has 0 spiro atoms. The van der Waals surface area contributed by atoms with Gasteiger partial charge in [-0.3, -0.25) is 4.79 Å². The topological polar surface area (TPSA) is 76.7 Å². The molecule has 2 unspecified atom stereocenters. The Morgan fingerprint density at radius 1 is 0.900 bits per heavy atom. The summed E-state index contributed by atoms with van der Waals surface area (Å²) < 4.78 is 0. The Morgan fingerprint density at radius 2 is 1.60 bits per heavy atom. The van der Waals surface area contributed by atoms with Gasteiger partial charge in [0.25, 0.3) is 0 Å². The number of hydrazine groups is 1. The van der Waals surface area contributed by atoms with Crippen molar-refractivity contribution < 1.29 is 9.59 Å². The van der Waals surface area contributed by atoms with E-state index in [2.05, 4.69) is 28.3 Å². The number of nitrogens with one attached hydrogen (secondary N) is 3. The van der Waals surface area contributed by atoms with E-state index in [1.807, 2.05) is 23.1 Å². The summed E-state index contributed by atoms with van der Waals surface area (Å²) in [6.07, 6.45) is 1.46. The van der Waals surface area contributed by atoms with Crippen LogP contribution in [0.15, 0.2) is 54.6 Å². The van der Waals surface area contributed by atoms with E-state index in [9.17, 15) is 9.59 Å². The van der Waals surface area contributed by atoms with Crippen LogP contribution >= 0.6 is 11.6 Å². The average Bonchev–Trinajstić information content (AvgIpc) is 3.13. The molecule has 2 heterocycles. The highest BCUT2D eigenvalue weighted by Gasteiger charge is 2.33. The molecule has 3 N–H and O–H groups in total. The average molecular weight is 428 g/mol. The lowest BCUT2D eigenvalue weighted by Crippen LogP contribution is -2.47. The molecule has 0 bridgehead atoms. The first-order valence-corrected chi connectivity index (χ1v) is 10.6. The summed E-state index contributed by atoms with van der Waals surface area (Å²) in [5.74, 6) is 0.0842. The third kappa shape index (κ3) is 4.92. The van der Waals surface area contributed by atoms with Crippen LogP contribution in [-0.2, 0) is 4.79 Å². The summed E-state index contributed by atoms with van der Waals surface area (Å²) in [5, 5.41) is 3.52. The number of hydrogen-bond acceptors (Lipinski definition) is 4. The van der Waals surface area contributed by atoms with Gasteiger partial charge in [-0.2, -0.15) is 0 Å². The Bertz CT molecular complexity index is 877. The smallest absolute Gasteiger partial charge is 0.321 e. The van der Waals surface area contributed by atoms with E-state index in [1.165, 1.54) is 5.56 Å². The third-order valence-corrected chi connectivity index (χ3v) is 5.85. The second kappa shape index (κ2) is 9.47. The quantitative estimate of drug-likeness (QED) is 0.703. The maximum atomic E-state index is 13.0. The second-order valence-electron chi connectivity index (χ2n) is 7.64. The Hall–Kier alpha value is -2.61. The Labute approximate surface area is 181 Å². The molecule has 158 valence electrons. The number of urea groups is 1. The number of carbonyl (C=O) groups is 2. The first-order valence-electron chi connectivity index (χ1n) is 10.3. The molecule has 2 fully saturated rings. The number of benzene rings is 2.